The molecule has 0 saturated carbocycles. The van der Waals surface area contributed by atoms with Crippen molar-refractivity contribution in [2.24, 2.45) is 11.7 Å². The van der Waals surface area contributed by atoms with E-state index in [9.17, 15) is 18.0 Å². The van der Waals surface area contributed by atoms with Crippen LogP contribution in [0.25, 0.3) is 0 Å². The minimum absolute atomic E-state index is 0.0504. The Morgan fingerprint density at radius 3 is 2.47 bits per heavy atom. The number of rotatable bonds is 6. The first-order valence-corrected chi connectivity index (χ1v) is 4.95. The maximum absolute atomic E-state index is 11.7. The summed E-state index contributed by atoms with van der Waals surface area (Å²) in [5.41, 5.74) is 5.32. The van der Waals surface area contributed by atoms with Crippen molar-refractivity contribution in [1.29, 1.82) is 0 Å². The maximum atomic E-state index is 11.7. The molecular formula is C9H17F3N2O. The van der Waals surface area contributed by atoms with Crippen LogP contribution in [0.2, 0.25) is 0 Å². The smallest absolute Gasteiger partial charge is 0.356 e. The number of carbonyl (C=O) groups excluding carboxylic acids is 1. The molecule has 0 aromatic carbocycles. The van der Waals surface area contributed by atoms with Gasteiger partial charge in [-0.2, -0.15) is 13.2 Å². The molecule has 6 heteroatoms. The quantitative estimate of drug-likeness (QED) is 0.673. The number of alkyl halides is 3. The molecule has 0 spiro atoms. The summed E-state index contributed by atoms with van der Waals surface area (Å²) in [5, 5.41) is 2.44. The first-order valence-electron chi connectivity index (χ1n) is 4.95. The normalized spacial score (nSPS) is 13.7. The van der Waals surface area contributed by atoms with Gasteiger partial charge in [-0.1, -0.05) is 6.92 Å². The summed E-state index contributed by atoms with van der Waals surface area (Å²) in [6.07, 6.45) is -4.51. The van der Waals surface area contributed by atoms with E-state index in [1.807, 2.05) is 6.92 Å². The molecular weight excluding hydrogens is 209 g/mol. The fraction of sp³-hybridized carbons (Fsp3) is 0.889. The maximum Gasteiger partial charge on any atom is 0.389 e. The van der Waals surface area contributed by atoms with Gasteiger partial charge in [-0.05, 0) is 12.8 Å². The summed E-state index contributed by atoms with van der Waals surface area (Å²) < 4.78 is 35.2. The van der Waals surface area contributed by atoms with Crippen LogP contribution in [-0.4, -0.2) is 25.2 Å². The van der Waals surface area contributed by atoms with E-state index in [0.717, 1.165) is 0 Å². The van der Waals surface area contributed by atoms with E-state index in [1.165, 1.54) is 0 Å². The van der Waals surface area contributed by atoms with Crippen molar-refractivity contribution in [2.45, 2.75) is 32.4 Å². The summed E-state index contributed by atoms with van der Waals surface area (Å²) in [5.74, 6) is -0.557. The second-order valence-corrected chi connectivity index (χ2v) is 3.35. The van der Waals surface area contributed by atoms with E-state index in [0.29, 0.717) is 6.42 Å². The third-order valence-corrected chi connectivity index (χ3v) is 2.08. The zero-order valence-electron chi connectivity index (χ0n) is 8.73. The van der Waals surface area contributed by atoms with Crippen LogP contribution < -0.4 is 11.1 Å². The van der Waals surface area contributed by atoms with Gasteiger partial charge in [-0.15, -0.1) is 0 Å². The summed E-state index contributed by atoms with van der Waals surface area (Å²) in [6, 6.07) is 0. The first-order chi connectivity index (χ1) is 6.90. The lowest BCUT2D eigenvalue weighted by Gasteiger charge is -2.12. The molecule has 0 heterocycles. The third kappa shape index (κ3) is 7.18. The molecule has 0 bridgehead atoms. The zero-order valence-corrected chi connectivity index (χ0v) is 8.73. The molecule has 0 radical (unpaired) electrons. The van der Waals surface area contributed by atoms with Crippen molar-refractivity contribution in [3.8, 4) is 0 Å². The lowest BCUT2D eigenvalue weighted by Crippen LogP contribution is -2.35. The van der Waals surface area contributed by atoms with E-state index >= 15 is 0 Å². The molecule has 0 fully saturated rings. The Morgan fingerprint density at radius 2 is 2.07 bits per heavy atom. The van der Waals surface area contributed by atoms with Gasteiger partial charge in [0.2, 0.25) is 5.91 Å². The average Bonchev–Trinajstić information content (AvgIpc) is 2.13. The number of nitrogens with two attached hydrogens (primary N) is 1. The fourth-order valence-corrected chi connectivity index (χ4v) is 1.10. The molecule has 0 aliphatic rings. The molecule has 1 unspecified atom stereocenters. The summed E-state index contributed by atoms with van der Waals surface area (Å²) in [7, 11) is 0. The summed E-state index contributed by atoms with van der Waals surface area (Å²) in [6.45, 7) is 2.09. The SMILES string of the molecule is CCC(CN)C(=O)NCCCC(F)(F)F. The van der Waals surface area contributed by atoms with E-state index in [2.05, 4.69) is 5.32 Å². The zero-order chi connectivity index (χ0) is 11.9. The second kappa shape index (κ2) is 6.66. The number of halogens is 3. The number of hydrogen-bond acceptors (Lipinski definition) is 2. The molecule has 15 heavy (non-hydrogen) atoms. The number of amides is 1. The van der Waals surface area contributed by atoms with Crippen molar-refractivity contribution in [2.75, 3.05) is 13.1 Å². The van der Waals surface area contributed by atoms with Crippen molar-refractivity contribution in [3.05, 3.63) is 0 Å². The van der Waals surface area contributed by atoms with Crippen molar-refractivity contribution in [1.82, 2.24) is 5.32 Å². The second-order valence-electron chi connectivity index (χ2n) is 3.35. The van der Waals surface area contributed by atoms with Crippen LogP contribution in [0, 0.1) is 5.92 Å². The van der Waals surface area contributed by atoms with Gasteiger partial charge >= 0.3 is 6.18 Å². The van der Waals surface area contributed by atoms with Crippen LogP contribution in [0.15, 0.2) is 0 Å². The third-order valence-electron chi connectivity index (χ3n) is 2.08. The highest BCUT2D eigenvalue weighted by Crippen LogP contribution is 2.20. The van der Waals surface area contributed by atoms with E-state index in [-0.39, 0.29) is 31.3 Å². The Labute approximate surface area is 87.2 Å². The Bertz CT molecular complexity index is 190. The lowest BCUT2D eigenvalue weighted by molar-refractivity contribution is -0.136. The van der Waals surface area contributed by atoms with Crippen molar-refractivity contribution >= 4 is 5.91 Å². The highest BCUT2D eigenvalue weighted by atomic mass is 19.4. The van der Waals surface area contributed by atoms with Crippen LogP contribution in [0.1, 0.15) is 26.2 Å². The largest absolute Gasteiger partial charge is 0.389 e. The number of hydrogen-bond donors (Lipinski definition) is 2. The molecule has 0 rings (SSSR count). The minimum Gasteiger partial charge on any atom is -0.356 e. The van der Waals surface area contributed by atoms with Crippen molar-refractivity contribution in [3.63, 3.8) is 0 Å². The van der Waals surface area contributed by atoms with Crippen LogP contribution in [0.3, 0.4) is 0 Å². The van der Waals surface area contributed by atoms with E-state index in [1.54, 1.807) is 0 Å². The molecule has 1 atom stereocenters. The molecule has 0 aromatic heterocycles. The van der Waals surface area contributed by atoms with Crippen LogP contribution >= 0.6 is 0 Å². The van der Waals surface area contributed by atoms with Gasteiger partial charge in [0.05, 0.1) is 0 Å². The predicted molar refractivity (Wildman–Crippen MR) is 51.1 cm³/mol. The molecule has 3 nitrogen and oxygen atoms in total. The monoisotopic (exact) mass is 226 g/mol. The number of nitrogens with one attached hydrogen (secondary N) is 1. The summed E-state index contributed by atoms with van der Waals surface area (Å²) in [4.78, 5) is 11.3. The highest BCUT2D eigenvalue weighted by Gasteiger charge is 2.26. The Kier molecular flexibility index (Phi) is 6.31. The fourth-order valence-electron chi connectivity index (χ4n) is 1.10. The van der Waals surface area contributed by atoms with Gasteiger partial charge in [-0.3, -0.25) is 4.79 Å². The van der Waals surface area contributed by atoms with Crippen molar-refractivity contribution < 1.29 is 18.0 Å². The van der Waals surface area contributed by atoms with Gasteiger partial charge in [0.1, 0.15) is 0 Å². The minimum atomic E-state index is -4.15. The van der Waals surface area contributed by atoms with Gasteiger partial charge in [0.25, 0.3) is 0 Å². The van der Waals surface area contributed by atoms with Gasteiger partial charge in [0, 0.05) is 25.4 Å². The Balaban J connectivity index is 3.63. The number of carbonyl (C=O) groups is 1. The molecule has 0 aliphatic carbocycles. The highest BCUT2D eigenvalue weighted by molar-refractivity contribution is 5.78. The average molecular weight is 226 g/mol. The Morgan fingerprint density at radius 1 is 1.47 bits per heavy atom. The van der Waals surface area contributed by atoms with E-state index < -0.39 is 12.6 Å². The molecule has 0 saturated heterocycles. The molecule has 0 aliphatic heterocycles. The lowest BCUT2D eigenvalue weighted by atomic mass is 10.1. The first kappa shape index (κ1) is 14.2. The van der Waals surface area contributed by atoms with E-state index in [4.69, 9.17) is 5.73 Å². The molecule has 3 N–H and O–H groups in total. The topological polar surface area (TPSA) is 55.1 Å². The molecule has 1 amide bonds. The van der Waals surface area contributed by atoms with Crippen LogP contribution in [-0.2, 0) is 4.79 Å². The predicted octanol–water partition coefficient (Wildman–Crippen LogP) is 1.43. The standard InChI is InChI=1S/C9H17F3N2O/c1-2-7(6-13)8(15)14-5-3-4-9(10,11)12/h7H,2-6,13H2,1H3,(H,14,15). The molecule has 90 valence electrons. The van der Waals surface area contributed by atoms with Gasteiger partial charge in [0.15, 0.2) is 0 Å². The van der Waals surface area contributed by atoms with Crippen LogP contribution in [0.5, 0.6) is 0 Å². The molecule has 0 aromatic rings. The van der Waals surface area contributed by atoms with Gasteiger partial charge in [-0.25, -0.2) is 0 Å². The summed E-state index contributed by atoms with van der Waals surface area (Å²) >= 11 is 0. The van der Waals surface area contributed by atoms with Gasteiger partial charge < -0.3 is 11.1 Å². The Hall–Kier alpha value is -0.780. The van der Waals surface area contributed by atoms with Crippen LogP contribution in [0.4, 0.5) is 13.2 Å².